The van der Waals surface area contributed by atoms with Gasteiger partial charge in [0.1, 0.15) is 0 Å². The van der Waals surface area contributed by atoms with Crippen LogP contribution in [0.5, 0.6) is 0 Å². The molecule has 2 aliphatic heterocycles. The molecule has 0 aromatic carbocycles. The molecule has 0 aliphatic carbocycles. The van der Waals surface area contributed by atoms with E-state index in [0.717, 1.165) is 25.9 Å². The van der Waals surface area contributed by atoms with Crippen molar-refractivity contribution in [2.24, 2.45) is 5.92 Å². The third-order valence-electron chi connectivity index (χ3n) is 4.28. The number of piperidine rings is 2. The molecular weight excluding hydrogens is 280 g/mol. The summed E-state index contributed by atoms with van der Waals surface area (Å²) in [7, 11) is 2.23. The zero-order chi connectivity index (χ0) is 12.4. The van der Waals surface area contributed by atoms with Crippen molar-refractivity contribution in [1.29, 1.82) is 0 Å². The van der Waals surface area contributed by atoms with Crippen molar-refractivity contribution in [3.05, 3.63) is 0 Å². The van der Waals surface area contributed by atoms with E-state index < -0.39 is 0 Å². The first-order valence-electron chi connectivity index (χ1n) is 6.76. The molecule has 0 radical (unpaired) electrons. The largest absolute Gasteiger partial charge is 0.341 e. The standard InChI is InChI=1S/C13H23BrN2O/c1-3-11(14)13(17)16-8-6-12-10(9-16)5-4-7-15(12)2/h10-12H,3-9H2,1-2H3. The van der Waals surface area contributed by atoms with Crippen molar-refractivity contribution in [2.75, 3.05) is 26.7 Å². The van der Waals surface area contributed by atoms with E-state index in [1.54, 1.807) is 0 Å². The van der Waals surface area contributed by atoms with Crippen LogP contribution in [0, 0.1) is 5.92 Å². The quantitative estimate of drug-likeness (QED) is 0.730. The lowest BCUT2D eigenvalue weighted by Crippen LogP contribution is -2.54. The summed E-state index contributed by atoms with van der Waals surface area (Å²) in [6.45, 7) is 5.19. The van der Waals surface area contributed by atoms with Crippen molar-refractivity contribution >= 4 is 21.8 Å². The maximum Gasteiger partial charge on any atom is 0.236 e. The summed E-state index contributed by atoms with van der Waals surface area (Å²) in [5.41, 5.74) is 0. The zero-order valence-corrected chi connectivity index (χ0v) is 12.4. The highest BCUT2D eigenvalue weighted by Crippen LogP contribution is 2.30. The Kier molecular flexibility index (Phi) is 4.47. The van der Waals surface area contributed by atoms with Crippen molar-refractivity contribution in [2.45, 2.75) is 43.5 Å². The van der Waals surface area contributed by atoms with Crippen LogP contribution in [0.3, 0.4) is 0 Å². The van der Waals surface area contributed by atoms with Crippen LogP contribution in [-0.4, -0.2) is 53.3 Å². The molecule has 17 heavy (non-hydrogen) atoms. The van der Waals surface area contributed by atoms with Crippen molar-refractivity contribution in [3.63, 3.8) is 0 Å². The Morgan fingerprint density at radius 1 is 1.41 bits per heavy atom. The van der Waals surface area contributed by atoms with E-state index in [4.69, 9.17) is 0 Å². The minimum atomic E-state index is 0.0142. The molecule has 98 valence electrons. The summed E-state index contributed by atoms with van der Waals surface area (Å²) < 4.78 is 0. The molecule has 0 aromatic rings. The van der Waals surface area contributed by atoms with Crippen LogP contribution in [0.25, 0.3) is 0 Å². The molecule has 3 atom stereocenters. The van der Waals surface area contributed by atoms with E-state index in [1.165, 1.54) is 19.4 Å². The lowest BCUT2D eigenvalue weighted by Gasteiger charge is -2.46. The highest BCUT2D eigenvalue weighted by molar-refractivity contribution is 9.10. The predicted molar refractivity (Wildman–Crippen MR) is 73.3 cm³/mol. The highest BCUT2D eigenvalue weighted by Gasteiger charge is 2.36. The summed E-state index contributed by atoms with van der Waals surface area (Å²) in [6, 6.07) is 0.711. The summed E-state index contributed by atoms with van der Waals surface area (Å²) in [5, 5.41) is 0. The van der Waals surface area contributed by atoms with Crippen LogP contribution in [-0.2, 0) is 4.79 Å². The highest BCUT2D eigenvalue weighted by atomic mass is 79.9. The smallest absolute Gasteiger partial charge is 0.236 e. The summed E-state index contributed by atoms with van der Waals surface area (Å²) in [5.74, 6) is 0.988. The third kappa shape index (κ3) is 2.84. The van der Waals surface area contributed by atoms with E-state index >= 15 is 0 Å². The molecule has 2 heterocycles. The lowest BCUT2D eigenvalue weighted by atomic mass is 9.84. The summed E-state index contributed by atoms with van der Waals surface area (Å²) >= 11 is 3.48. The van der Waals surface area contributed by atoms with Gasteiger partial charge >= 0.3 is 0 Å². The normalized spacial score (nSPS) is 32.1. The van der Waals surface area contributed by atoms with Crippen LogP contribution in [0.4, 0.5) is 0 Å². The molecule has 1 amide bonds. The first kappa shape index (κ1) is 13.3. The number of carbonyl (C=O) groups excluding carboxylic acids is 1. The molecule has 4 heteroatoms. The molecule has 3 unspecified atom stereocenters. The Hall–Kier alpha value is -0.0900. The van der Waals surface area contributed by atoms with Gasteiger partial charge in [-0.15, -0.1) is 0 Å². The number of fused-ring (bicyclic) bond motifs is 1. The van der Waals surface area contributed by atoms with E-state index in [9.17, 15) is 4.79 Å². The topological polar surface area (TPSA) is 23.6 Å². The summed E-state index contributed by atoms with van der Waals surface area (Å²) in [6.07, 6.45) is 4.60. The molecule has 0 N–H and O–H groups in total. The maximum atomic E-state index is 12.2. The van der Waals surface area contributed by atoms with Gasteiger partial charge in [0.15, 0.2) is 0 Å². The van der Waals surface area contributed by atoms with E-state index in [-0.39, 0.29) is 4.83 Å². The third-order valence-corrected chi connectivity index (χ3v) is 5.32. The van der Waals surface area contributed by atoms with Gasteiger partial charge < -0.3 is 9.80 Å². The average molecular weight is 303 g/mol. The maximum absolute atomic E-state index is 12.2. The number of rotatable bonds is 2. The van der Waals surface area contributed by atoms with Crippen molar-refractivity contribution in [1.82, 2.24) is 9.80 Å². The average Bonchev–Trinajstić information content (AvgIpc) is 2.37. The second-order valence-electron chi connectivity index (χ2n) is 5.40. The Bertz CT molecular complexity index is 285. The Morgan fingerprint density at radius 3 is 2.88 bits per heavy atom. The Labute approximate surface area is 113 Å². The zero-order valence-electron chi connectivity index (χ0n) is 10.9. The van der Waals surface area contributed by atoms with Gasteiger partial charge in [-0.1, -0.05) is 22.9 Å². The van der Waals surface area contributed by atoms with Gasteiger partial charge in [-0.05, 0) is 45.2 Å². The second kappa shape index (κ2) is 5.70. The fourth-order valence-corrected chi connectivity index (χ4v) is 3.51. The number of nitrogens with zero attached hydrogens (tertiary/aromatic N) is 2. The molecule has 0 bridgehead atoms. The second-order valence-corrected chi connectivity index (χ2v) is 6.50. The van der Waals surface area contributed by atoms with Gasteiger partial charge in [0.25, 0.3) is 0 Å². The van der Waals surface area contributed by atoms with E-state index in [2.05, 4.69) is 39.7 Å². The molecule has 2 rings (SSSR count). The van der Waals surface area contributed by atoms with Gasteiger partial charge in [-0.3, -0.25) is 4.79 Å². The molecular formula is C13H23BrN2O. The van der Waals surface area contributed by atoms with E-state index in [0.29, 0.717) is 17.9 Å². The molecule has 0 saturated carbocycles. The fourth-order valence-electron chi connectivity index (χ4n) is 3.23. The number of amides is 1. The van der Waals surface area contributed by atoms with Crippen molar-refractivity contribution in [3.8, 4) is 0 Å². The monoisotopic (exact) mass is 302 g/mol. The van der Waals surface area contributed by atoms with Gasteiger partial charge in [0, 0.05) is 19.1 Å². The van der Waals surface area contributed by atoms with Crippen LogP contribution in [0.1, 0.15) is 32.6 Å². The van der Waals surface area contributed by atoms with Crippen LogP contribution in [0.2, 0.25) is 0 Å². The number of halogens is 1. The first-order chi connectivity index (χ1) is 8.13. The number of alkyl halides is 1. The van der Waals surface area contributed by atoms with Gasteiger partial charge in [-0.25, -0.2) is 0 Å². The SMILES string of the molecule is CCC(Br)C(=O)N1CCC2C(CCCN2C)C1. The lowest BCUT2D eigenvalue weighted by molar-refractivity contribution is -0.134. The van der Waals surface area contributed by atoms with Crippen LogP contribution < -0.4 is 0 Å². The molecule has 2 saturated heterocycles. The first-order valence-corrected chi connectivity index (χ1v) is 7.68. The van der Waals surface area contributed by atoms with E-state index in [1.807, 2.05) is 0 Å². The van der Waals surface area contributed by atoms with Gasteiger partial charge in [-0.2, -0.15) is 0 Å². The minimum Gasteiger partial charge on any atom is -0.341 e. The number of likely N-dealkylation sites (tertiary alicyclic amines) is 2. The van der Waals surface area contributed by atoms with Crippen LogP contribution in [0.15, 0.2) is 0 Å². The molecule has 2 aliphatic rings. The van der Waals surface area contributed by atoms with Gasteiger partial charge in [0.05, 0.1) is 4.83 Å². The molecule has 3 nitrogen and oxygen atoms in total. The summed E-state index contributed by atoms with van der Waals surface area (Å²) in [4.78, 5) is 16.7. The van der Waals surface area contributed by atoms with Gasteiger partial charge in [0.2, 0.25) is 5.91 Å². The number of hydrogen-bond acceptors (Lipinski definition) is 2. The van der Waals surface area contributed by atoms with Crippen molar-refractivity contribution < 1.29 is 4.79 Å². The minimum absolute atomic E-state index is 0.0142. The predicted octanol–water partition coefficient (Wildman–Crippen LogP) is 2.10. The number of hydrogen-bond donors (Lipinski definition) is 0. The fraction of sp³-hybridized carbons (Fsp3) is 0.923. The Balaban J connectivity index is 1.95. The molecule has 2 fully saturated rings. The molecule has 0 spiro atoms. The molecule has 0 aromatic heterocycles. The number of carbonyl (C=O) groups is 1. The Morgan fingerprint density at radius 2 is 2.18 bits per heavy atom. The van der Waals surface area contributed by atoms with Crippen LogP contribution >= 0.6 is 15.9 Å².